The number of ketones is 1. The van der Waals surface area contributed by atoms with E-state index in [0.29, 0.717) is 5.78 Å². The fraction of sp³-hybridized carbons (Fsp3) is 0.900. The fourth-order valence-electron chi connectivity index (χ4n) is 1.84. The van der Waals surface area contributed by atoms with Gasteiger partial charge in [-0.1, -0.05) is 19.3 Å². The second kappa shape index (κ2) is 4.61. The maximum absolute atomic E-state index is 11.6. The summed E-state index contributed by atoms with van der Waals surface area (Å²) in [5, 5.41) is 0. The summed E-state index contributed by atoms with van der Waals surface area (Å²) in [5.74, 6) is 0.589. The van der Waals surface area contributed by atoms with Gasteiger partial charge in [0.15, 0.2) is 5.78 Å². The molecule has 1 aliphatic rings. The second-order valence-corrected chi connectivity index (χ2v) is 3.62. The third-order valence-corrected chi connectivity index (χ3v) is 2.76. The molecule has 2 nitrogen and oxygen atoms in total. The summed E-state index contributed by atoms with van der Waals surface area (Å²) in [4.78, 5) is 11.6. The van der Waals surface area contributed by atoms with Crippen molar-refractivity contribution in [1.82, 2.24) is 0 Å². The van der Waals surface area contributed by atoms with Crippen molar-refractivity contribution in [2.24, 2.45) is 5.92 Å². The molecule has 0 spiro atoms. The lowest BCUT2D eigenvalue weighted by atomic mass is 9.85. The van der Waals surface area contributed by atoms with Crippen molar-refractivity contribution in [3.05, 3.63) is 0 Å². The van der Waals surface area contributed by atoms with E-state index in [0.717, 1.165) is 12.8 Å². The van der Waals surface area contributed by atoms with Crippen molar-refractivity contribution in [1.29, 1.82) is 0 Å². The van der Waals surface area contributed by atoms with Crippen molar-refractivity contribution in [3.63, 3.8) is 0 Å². The lowest BCUT2D eigenvalue weighted by Crippen LogP contribution is -2.28. The maximum atomic E-state index is 11.6. The average molecular weight is 170 g/mol. The van der Waals surface area contributed by atoms with E-state index < -0.39 is 0 Å². The third kappa shape index (κ3) is 2.31. The first-order chi connectivity index (χ1) is 5.75. The smallest absolute Gasteiger partial charge is 0.164 e. The summed E-state index contributed by atoms with van der Waals surface area (Å²) < 4.78 is 5.02. The highest BCUT2D eigenvalue weighted by Crippen LogP contribution is 2.25. The van der Waals surface area contributed by atoms with Crippen LogP contribution < -0.4 is 0 Å². The number of methoxy groups -OCH3 is 1. The highest BCUT2D eigenvalue weighted by molar-refractivity contribution is 5.85. The van der Waals surface area contributed by atoms with Crippen LogP contribution in [-0.4, -0.2) is 19.0 Å². The molecule has 1 unspecified atom stereocenters. The van der Waals surface area contributed by atoms with Crippen LogP contribution in [0.25, 0.3) is 0 Å². The molecule has 12 heavy (non-hydrogen) atoms. The predicted octanol–water partition coefficient (Wildman–Crippen LogP) is 2.17. The zero-order valence-corrected chi connectivity index (χ0v) is 8.01. The van der Waals surface area contributed by atoms with Gasteiger partial charge in [-0.05, 0) is 19.8 Å². The van der Waals surface area contributed by atoms with Crippen LogP contribution in [0.3, 0.4) is 0 Å². The van der Waals surface area contributed by atoms with Gasteiger partial charge < -0.3 is 4.74 Å². The lowest BCUT2D eigenvalue weighted by Gasteiger charge is -2.22. The Labute approximate surface area is 74.3 Å². The number of carbonyl (C=O) groups excluding carboxylic acids is 1. The monoisotopic (exact) mass is 170 g/mol. The van der Waals surface area contributed by atoms with Gasteiger partial charge in [0.05, 0.1) is 0 Å². The average Bonchev–Trinajstić information content (AvgIpc) is 2.17. The van der Waals surface area contributed by atoms with E-state index in [-0.39, 0.29) is 12.0 Å². The second-order valence-electron chi connectivity index (χ2n) is 3.62. The Kier molecular flexibility index (Phi) is 3.73. The molecule has 0 bridgehead atoms. The first-order valence-electron chi connectivity index (χ1n) is 4.82. The molecule has 1 aliphatic carbocycles. The number of carbonyl (C=O) groups is 1. The summed E-state index contributed by atoms with van der Waals surface area (Å²) in [7, 11) is 1.60. The first kappa shape index (κ1) is 9.72. The minimum absolute atomic E-state index is 0.201. The van der Waals surface area contributed by atoms with Crippen molar-refractivity contribution < 1.29 is 9.53 Å². The van der Waals surface area contributed by atoms with E-state index in [1.807, 2.05) is 6.92 Å². The van der Waals surface area contributed by atoms with Gasteiger partial charge in [0, 0.05) is 13.0 Å². The fourth-order valence-corrected chi connectivity index (χ4v) is 1.84. The zero-order chi connectivity index (χ0) is 8.97. The van der Waals surface area contributed by atoms with Crippen LogP contribution in [0.5, 0.6) is 0 Å². The molecule has 1 atom stereocenters. The van der Waals surface area contributed by atoms with Crippen LogP contribution in [0, 0.1) is 5.92 Å². The Bertz CT molecular complexity index is 148. The number of Topliss-reactive ketones (excluding diaryl/α,β-unsaturated/α-hetero) is 1. The molecular weight excluding hydrogens is 152 g/mol. The third-order valence-electron chi connectivity index (χ3n) is 2.76. The lowest BCUT2D eigenvalue weighted by molar-refractivity contribution is -0.132. The van der Waals surface area contributed by atoms with Crippen LogP contribution in [0.1, 0.15) is 39.0 Å². The topological polar surface area (TPSA) is 26.3 Å². The maximum Gasteiger partial charge on any atom is 0.164 e. The van der Waals surface area contributed by atoms with Crippen molar-refractivity contribution >= 4 is 5.78 Å². The van der Waals surface area contributed by atoms with E-state index >= 15 is 0 Å². The highest BCUT2D eigenvalue weighted by Gasteiger charge is 2.24. The van der Waals surface area contributed by atoms with E-state index in [4.69, 9.17) is 4.74 Å². The van der Waals surface area contributed by atoms with E-state index in [2.05, 4.69) is 0 Å². The van der Waals surface area contributed by atoms with Crippen molar-refractivity contribution in [2.45, 2.75) is 45.1 Å². The summed E-state index contributed by atoms with van der Waals surface area (Å²) in [6.45, 7) is 1.84. The van der Waals surface area contributed by atoms with Gasteiger partial charge in [-0.25, -0.2) is 0 Å². The van der Waals surface area contributed by atoms with Crippen molar-refractivity contribution in [3.8, 4) is 0 Å². The largest absolute Gasteiger partial charge is 0.374 e. The Morgan fingerprint density at radius 2 is 1.92 bits per heavy atom. The van der Waals surface area contributed by atoms with Gasteiger partial charge in [0.25, 0.3) is 0 Å². The normalized spacial score (nSPS) is 22.2. The molecule has 0 amide bonds. The molecule has 0 N–H and O–H groups in total. The predicted molar refractivity (Wildman–Crippen MR) is 48.1 cm³/mol. The van der Waals surface area contributed by atoms with Crippen molar-refractivity contribution in [2.75, 3.05) is 7.11 Å². The Morgan fingerprint density at radius 3 is 2.42 bits per heavy atom. The first-order valence-corrected chi connectivity index (χ1v) is 4.82. The summed E-state index contributed by atoms with van der Waals surface area (Å²) in [5.41, 5.74) is 0. The Hall–Kier alpha value is -0.370. The molecule has 0 aromatic heterocycles. The Balaban J connectivity index is 2.39. The standard InChI is InChI=1S/C10H18O2/c1-8(12-2)10(11)9-6-4-3-5-7-9/h8-9H,3-7H2,1-2H3. The number of hydrogen-bond acceptors (Lipinski definition) is 2. The molecule has 2 heteroatoms. The SMILES string of the molecule is COC(C)C(=O)C1CCCCC1. The highest BCUT2D eigenvalue weighted by atomic mass is 16.5. The molecular formula is C10H18O2. The zero-order valence-electron chi connectivity index (χ0n) is 8.01. The number of rotatable bonds is 3. The minimum atomic E-state index is -0.201. The molecule has 0 aliphatic heterocycles. The van der Waals surface area contributed by atoms with E-state index in [1.54, 1.807) is 7.11 Å². The van der Waals surface area contributed by atoms with E-state index in [1.165, 1.54) is 19.3 Å². The molecule has 70 valence electrons. The molecule has 1 saturated carbocycles. The Morgan fingerprint density at radius 1 is 1.33 bits per heavy atom. The van der Waals surface area contributed by atoms with Crippen LogP contribution >= 0.6 is 0 Å². The van der Waals surface area contributed by atoms with E-state index in [9.17, 15) is 4.79 Å². The van der Waals surface area contributed by atoms with Gasteiger partial charge in [0.1, 0.15) is 6.10 Å². The number of ether oxygens (including phenoxy) is 1. The van der Waals surface area contributed by atoms with Crippen LogP contribution in [-0.2, 0) is 9.53 Å². The molecule has 0 heterocycles. The molecule has 1 fully saturated rings. The molecule has 0 radical (unpaired) electrons. The van der Waals surface area contributed by atoms with Crippen LogP contribution in [0.15, 0.2) is 0 Å². The summed E-state index contributed by atoms with van der Waals surface area (Å²) in [6, 6.07) is 0. The van der Waals surface area contributed by atoms with Gasteiger partial charge in [-0.2, -0.15) is 0 Å². The van der Waals surface area contributed by atoms with Gasteiger partial charge in [0.2, 0.25) is 0 Å². The quantitative estimate of drug-likeness (QED) is 0.649. The number of hydrogen-bond donors (Lipinski definition) is 0. The molecule has 0 aromatic carbocycles. The van der Waals surface area contributed by atoms with Crippen LogP contribution in [0.4, 0.5) is 0 Å². The summed E-state index contributed by atoms with van der Waals surface area (Å²) >= 11 is 0. The van der Waals surface area contributed by atoms with Gasteiger partial charge >= 0.3 is 0 Å². The van der Waals surface area contributed by atoms with Crippen LogP contribution in [0.2, 0.25) is 0 Å². The summed E-state index contributed by atoms with van der Waals surface area (Å²) in [6.07, 6.45) is 5.68. The van der Waals surface area contributed by atoms with Gasteiger partial charge in [-0.15, -0.1) is 0 Å². The molecule has 0 aromatic rings. The molecule has 1 rings (SSSR count). The van der Waals surface area contributed by atoms with Gasteiger partial charge in [-0.3, -0.25) is 4.79 Å². The molecule has 0 saturated heterocycles. The minimum Gasteiger partial charge on any atom is -0.374 e.